The molecule has 1 saturated carbocycles. The van der Waals surface area contributed by atoms with Gasteiger partial charge in [0.15, 0.2) is 0 Å². The fourth-order valence-electron chi connectivity index (χ4n) is 3.95. The second kappa shape index (κ2) is 24.6. The van der Waals surface area contributed by atoms with Crippen LogP contribution in [0.2, 0.25) is 0 Å². The van der Waals surface area contributed by atoms with Crippen molar-refractivity contribution >= 4 is 24.0 Å². The van der Waals surface area contributed by atoms with Crippen LogP contribution in [0, 0.1) is 0 Å². The molecule has 0 unspecified atom stereocenters. The van der Waals surface area contributed by atoms with Crippen LogP contribution in [0.3, 0.4) is 0 Å². The summed E-state index contributed by atoms with van der Waals surface area (Å²) in [6.07, 6.45) is 8.74. The minimum atomic E-state index is 0.159. The van der Waals surface area contributed by atoms with Crippen molar-refractivity contribution in [2.75, 3.05) is 97.6 Å². The predicted octanol–water partition coefficient (Wildman–Crippen LogP) is 2.78. The van der Waals surface area contributed by atoms with Crippen molar-refractivity contribution in [3.8, 4) is 0 Å². The molecule has 3 rings (SSSR count). The lowest BCUT2D eigenvalue weighted by Crippen LogP contribution is -2.44. The number of aldehydes is 1. The third-order valence-electron chi connectivity index (χ3n) is 6.97. The minimum absolute atomic E-state index is 0.159. The molecule has 0 bridgehead atoms. The zero-order valence-electron chi connectivity index (χ0n) is 25.3. The molecule has 8 nitrogen and oxygen atoms in total. The van der Waals surface area contributed by atoms with E-state index in [2.05, 4.69) is 52.9 Å². The summed E-state index contributed by atoms with van der Waals surface area (Å²) in [7, 11) is 4.45. The Morgan fingerprint density at radius 2 is 1.74 bits per heavy atom. The van der Waals surface area contributed by atoms with Crippen LogP contribution in [-0.2, 0) is 9.59 Å². The third kappa shape index (κ3) is 16.5. The van der Waals surface area contributed by atoms with Crippen molar-refractivity contribution in [3.63, 3.8) is 0 Å². The zero-order valence-corrected chi connectivity index (χ0v) is 26.2. The number of carbonyl (C=O) groups excluding carboxylic acids is 2. The van der Waals surface area contributed by atoms with Gasteiger partial charge in [-0.15, -0.1) is 0 Å². The Balaban J connectivity index is 0.000000537. The standard InChI is InChI=1S/C11H18N2OS.C10H22N2.C6H12N2O.C2H6/c1-3-10(9-12-4-2)11(14)13-5-7-15-8-6-13;1-4-11(2)8-9-12(3)10-6-5-7-10;9-6-5-8-3-1-7-2-4-8;1-2/h3-4,12H,2,5-9H2,1H3;10H,4-9H2,1-3H3;6-7H,1-5H2;1-2H3/b10-3+;;;. The van der Waals surface area contributed by atoms with Gasteiger partial charge in [0.25, 0.3) is 5.91 Å². The van der Waals surface area contributed by atoms with Crippen LogP contribution in [0.5, 0.6) is 0 Å². The number of nitrogens with one attached hydrogen (secondary N) is 2. The smallest absolute Gasteiger partial charge is 0.251 e. The molecular formula is C29H58N6O2S. The molecule has 0 aromatic rings. The maximum atomic E-state index is 12.0. The van der Waals surface area contributed by atoms with Crippen molar-refractivity contribution in [2.24, 2.45) is 0 Å². The van der Waals surface area contributed by atoms with E-state index in [1.807, 2.05) is 43.5 Å². The van der Waals surface area contributed by atoms with Gasteiger partial charge in [-0.1, -0.05) is 39.8 Å². The van der Waals surface area contributed by atoms with E-state index >= 15 is 0 Å². The SMILES string of the molecule is C=CNC/C(=C\C)C(=O)N1CCSCC1.CC.CCN(C)CCN(C)C1CCC1.O=CCN1CCNCC1. The molecule has 9 heteroatoms. The second-order valence-electron chi connectivity index (χ2n) is 9.48. The summed E-state index contributed by atoms with van der Waals surface area (Å²) in [6, 6.07) is 0.898. The molecule has 3 fully saturated rings. The normalized spacial score (nSPS) is 18.1. The molecule has 0 radical (unpaired) electrons. The highest BCUT2D eigenvalue weighted by atomic mass is 32.2. The van der Waals surface area contributed by atoms with Gasteiger partial charge in [-0.2, -0.15) is 11.8 Å². The van der Waals surface area contributed by atoms with Gasteiger partial charge < -0.3 is 30.1 Å². The van der Waals surface area contributed by atoms with Crippen LogP contribution in [0.4, 0.5) is 0 Å². The number of likely N-dealkylation sites (N-methyl/N-ethyl adjacent to an activating group) is 2. The number of allylic oxidation sites excluding steroid dienone is 1. The van der Waals surface area contributed by atoms with Crippen molar-refractivity contribution in [3.05, 3.63) is 24.4 Å². The highest BCUT2D eigenvalue weighted by molar-refractivity contribution is 7.99. The second-order valence-corrected chi connectivity index (χ2v) is 10.7. The largest absolute Gasteiger partial charge is 0.387 e. The molecule has 38 heavy (non-hydrogen) atoms. The lowest BCUT2D eigenvalue weighted by Gasteiger charge is -2.35. The summed E-state index contributed by atoms with van der Waals surface area (Å²) in [4.78, 5) is 31.0. The first kappa shape index (κ1) is 36.6. The summed E-state index contributed by atoms with van der Waals surface area (Å²) in [5.41, 5.74) is 0.821. The zero-order chi connectivity index (χ0) is 28.6. The van der Waals surface area contributed by atoms with E-state index in [1.54, 1.807) is 6.20 Å². The van der Waals surface area contributed by atoms with Gasteiger partial charge in [0.05, 0.1) is 6.54 Å². The Hall–Kier alpha value is -1.39. The first-order chi connectivity index (χ1) is 18.5. The van der Waals surface area contributed by atoms with E-state index < -0.39 is 0 Å². The van der Waals surface area contributed by atoms with Crippen LogP contribution >= 0.6 is 11.8 Å². The third-order valence-corrected chi connectivity index (χ3v) is 7.92. The molecule has 0 atom stereocenters. The number of amides is 1. The molecule has 2 saturated heterocycles. The van der Waals surface area contributed by atoms with Gasteiger partial charge in [0.2, 0.25) is 0 Å². The van der Waals surface area contributed by atoms with Crippen LogP contribution < -0.4 is 10.6 Å². The number of thioether (sulfide) groups is 1. The van der Waals surface area contributed by atoms with E-state index in [9.17, 15) is 9.59 Å². The molecule has 0 spiro atoms. The monoisotopic (exact) mass is 554 g/mol. The fraction of sp³-hybridized carbons (Fsp3) is 0.793. The highest BCUT2D eigenvalue weighted by Crippen LogP contribution is 2.23. The number of nitrogens with zero attached hydrogens (tertiary/aromatic N) is 4. The summed E-state index contributed by atoms with van der Waals surface area (Å²) >= 11 is 1.91. The predicted molar refractivity (Wildman–Crippen MR) is 166 cm³/mol. The first-order valence-corrected chi connectivity index (χ1v) is 15.7. The van der Waals surface area contributed by atoms with Crippen molar-refractivity contribution < 1.29 is 9.59 Å². The van der Waals surface area contributed by atoms with Gasteiger partial charge in [-0.25, -0.2) is 0 Å². The van der Waals surface area contributed by atoms with Crippen LogP contribution in [0.15, 0.2) is 24.4 Å². The van der Waals surface area contributed by atoms with Crippen LogP contribution in [0.1, 0.15) is 47.0 Å². The van der Waals surface area contributed by atoms with E-state index in [0.717, 1.165) is 68.7 Å². The lowest BCUT2D eigenvalue weighted by molar-refractivity contribution is -0.126. The highest BCUT2D eigenvalue weighted by Gasteiger charge is 2.21. The average molecular weight is 555 g/mol. The Morgan fingerprint density at radius 1 is 1.11 bits per heavy atom. The van der Waals surface area contributed by atoms with Crippen molar-refractivity contribution in [1.29, 1.82) is 0 Å². The summed E-state index contributed by atoms with van der Waals surface area (Å²) < 4.78 is 0. The van der Waals surface area contributed by atoms with Gasteiger partial charge in [-0.3, -0.25) is 9.69 Å². The van der Waals surface area contributed by atoms with Crippen LogP contribution in [0.25, 0.3) is 0 Å². The van der Waals surface area contributed by atoms with Crippen LogP contribution in [-0.4, -0.2) is 135 Å². The first-order valence-electron chi connectivity index (χ1n) is 14.6. The molecular weight excluding hydrogens is 496 g/mol. The maximum absolute atomic E-state index is 12.0. The Kier molecular flexibility index (Phi) is 23.7. The van der Waals surface area contributed by atoms with E-state index in [4.69, 9.17) is 0 Å². The molecule has 2 heterocycles. The molecule has 1 aliphatic carbocycles. The summed E-state index contributed by atoms with van der Waals surface area (Å²) in [5, 5.41) is 6.18. The van der Waals surface area contributed by atoms with Crippen molar-refractivity contribution in [2.45, 2.75) is 53.0 Å². The van der Waals surface area contributed by atoms with Gasteiger partial charge in [-0.05, 0) is 46.6 Å². The topological polar surface area (TPSA) is 71.2 Å². The molecule has 2 N–H and O–H groups in total. The lowest BCUT2D eigenvalue weighted by atomic mass is 9.92. The summed E-state index contributed by atoms with van der Waals surface area (Å²) in [6.45, 7) is 22.3. The molecule has 1 amide bonds. The Bertz CT molecular complexity index is 633. The van der Waals surface area contributed by atoms with Gasteiger partial charge in [0.1, 0.15) is 6.29 Å². The number of rotatable bonds is 11. The molecule has 0 aromatic heterocycles. The number of hydrogen-bond acceptors (Lipinski definition) is 8. The van der Waals surface area contributed by atoms with Gasteiger partial charge in [0, 0.05) is 82.0 Å². The molecule has 222 valence electrons. The van der Waals surface area contributed by atoms with E-state index in [0.29, 0.717) is 13.1 Å². The quantitative estimate of drug-likeness (QED) is 0.299. The number of hydrogen-bond donors (Lipinski definition) is 2. The molecule has 2 aliphatic heterocycles. The van der Waals surface area contributed by atoms with E-state index in [1.165, 1.54) is 38.9 Å². The minimum Gasteiger partial charge on any atom is -0.387 e. The fourth-order valence-corrected chi connectivity index (χ4v) is 4.85. The maximum Gasteiger partial charge on any atom is 0.251 e. The number of carbonyl (C=O) groups is 2. The Morgan fingerprint density at radius 3 is 2.21 bits per heavy atom. The van der Waals surface area contributed by atoms with Gasteiger partial charge >= 0.3 is 0 Å². The molecule has 0 aromatic carbocycles. The molecule has 3 aliphatic rings. The van der Waals surface area contributed by atoms with E-state index in [-0.39, 0.29) is 5.91 Å². The van der Waals surface area contributed by atoms with Crippen molar-refractivity contribution in [1.82, 2.24) is 30.2 Å². The average Bonchev–Trinajstić information content (AvgIpc) is 2.94. The number of piperazine rings is 1. The summed E-state index contributed by atoms with van der Waals surface area (Å²) in [5.74, 6) is 2.27. The Labute approximate surface area is 238 Å².